The van der Waals surface area contributed by atoms with E-state index in [9.17, 15) is 14.4 Å². The smallest absolute Gasteiger partial charge is 0.322 e. The van der Waals surface area contributed by atoms with Crippen molar-refractivity contribution in [3.05, 3.63) is 53.6 Å². The van der Waals surface area contributed by atoms with Crippen molar-refractivity contribution in [2.24, 2.45) is 0 Å². The van der Waals surface area contributed by atoms with Crippen LogP contribution in [0.3, 0.4) is 0 Å². The second kappa shape index (κ2) is 9.23. The van der Waals surface area contributed by atoms with E-state index in [0.717, 1.165) is 5.56 Å². The van der Waals surface area contributed by atoms with E-state index in [1.54, 1.807) is 30.3 Å². The molecule has 0 saturated heterocycles. The van der Waals surface area contributed by atoms with Gasteiger partial charge < -0.3 is 25.2 Å². The van der Waals surface area contributed by atoms with E-state index >= 15 is 0 Å². The first-order valence-electron chi connectivity index (χ1n) is 8.03. The molecule has 8 nitrogen and oxygen atoms in total. The monoisotopic (exact) mass is 372 g/mol. The molecule has 0 heterocycles. The zero-order chi connectivity index (χ0) is 19.8. The standard InChI is InChI=1S/C19H20N2O6/c1-26-15-7-12(8-16(10-15)27-2)9-17(22)21-14-5-3-13(4-6-14)19(25)20-11-18(23)24/h3-8,10H,9,11H2,1-2H3,(H,20,25)(H,21,22)(H,23,24). The number of carboxylic acid groups (broad SMARTS) is 1. The lowest BCUT2D eigenvalue weighted by Crippen LogP contribution is -2.29. The maximum absolute atomic E-state index is 12.2. The van der Waals surface area contributed by atoms with E-state index in [1.807, 2.05) is 0 Å². The minimum absolute atomic E-state index is 0.119. The third-order valence-electron chi connectivity index (χ3n) is 3.61. The fraction of sp³-hybridized carbons (Fsp3) is 0.211. The maximum Gasteiger partial charge on any atom is 0.322 e. The van der Waals surface area contributed by atoms with Crippen LogP contribution in [0.25, 0.3) is 0 Å². The summed E-state index contributed by atoms with van der Waals surface area (Å²) in [5, 5.41) is 13.6. The fourth-order valence-electron chi connectivity index (χ4n) is 2.32. The summed E-state index contributed by atoms with van der Waals surface area (Å²) in [5.41, 5.74) is 1.55. The number of amides is 2. The molecule has 3 N–H and O–H groups in total. The summed E-state index contributed by atoms with van der Waals surface area (Å²) in [5.74, 6) is -0.684. The molecule has 2 aromatic carbocycles. The Kier molecular flexibility index (Phi) is 6.76. The minimum Gasteiger partial charge on any atom is -0.497 e. The van der Waals surface area contributed by atoms with Gasteiger partial charge in [0, 0.05) is 17.3 Å². The number of rotatable bonds is 8. The van der Waals surface area contributed by atoms with E-state index in [4.69, 9.17) is 14.6 Å². The van der Waals surface area contributed by atoms with E-state index in [2.05, 4.69) is 10.6 Å². The summed E-state index contributed by atoms with van der Waals surface area (Å²) in [7, 11) is 3.07. The van der Waals surface area contributed by atoms with Crippen LogP contribution in [0, 0.1) is 0 Å². The summed E-state index contributed by atoms with van der Waals surface area (Å²) in [6.07, 6.45) is 0.119. The highest BCUT2D eigenvalue weighted by atomic mass is 16.5. The fourth-order valence-corrected chi connectivity index (χ4v) is 2.32. The van der Waals surface area contributed by atoms with Crippen LogP contribution < -0.4 is 20.1 Å². The lowest BCUT2D eigenvalue weighted by atomic mass is 10.1. The van der Waals surface area contributed by atoms with Crippen molar-refractivity contribution in [1.29, 1.82) is 0 Å². The van der Waals surface area contributed by atoms with Gasteiger partial charge in [-0.3, -0.25) is 14.4 Å². The predicted molar refractivity (Wildman–Crippen MR) is 98.3 cm³/mol. The zero-order valence-corrected chi connectivity index (χ0v) is 14.9. The molecule has 2 rings (SSSR count). The van der Waals surface area contributed by atoms with Gasteiger partial charge in [0.1, 0.15) is 18.0 Å². The molecular formula is C19H20N2O6. The number of hydrogen-bond acceptors (Lipinski definition) is 5. The molecule has 2 amide bonds. The Hall–Kier alpha value is -3.55. The lowest BCUT2D eigenvalue weighted by Gasteiger charge is -2.09. The van der Waals surface area contributed by atoms with Crippen LogP contribution in [0.1, 0.15) is 15.9 Å². The van der Waals surface area contributed by atoms with Gasteiger partial charge in [-0.2, -0.15) is 0 Å². The number of carbonyl (C=O) groups is 3. The predicted octanol–water partition coefficient (Wildman–Crippen LogP) is 1.70. The summed E-state index contributed by atoms with van der Waals surface area (Å²) < 4.78 is 10.4. The molecular weight excluding hydrogens is 352 g/mol. The van der Waals surface area contributed by atoms with Crippen molar-refractivity contribution in [2.45, 2.75) is 6.42 Å². The molecule has 0 radical (unpaired) electrons. The van der Waals surface area contributed by atoms with Crippen LogP contribution in [0.5, 0.6) is 11.5 Å². The number of methoxy groups -OCH3 is 2. The van der Waals surface area contributed by atoms with Gasteiger partial charge in [0.15, 0.2) is 0 Å². The normalized spacial score (nSPS) is 10.0. The van der Waals surface area contributed by atoms with E-state index in [0.29, 0.717) is 22.7 Å². The highest BCUT2D eigenvalue weighted by Crippen LogP contribution is 2.23. The number of anilines is 1. The number of benzene rings is 2. The van der Waals surface area contributed by atoms with Crippen molar-refractivity contribution in [1.82, 2.24) is 5.32 Å². The Morgan fingerprint density at radius 2 is 1.56 bits per heavy atom. The van der Waals surface area contributed by atoms with Crippen molar-refractivity contribution in [3.63, 3.8) is 0 Å². The van der Waals surface area contributed by atoms with Crippen molar-refractivity contribution >= 4 is 23.5 Å². The van der Waals surface area contributed by atoms with Crippen molar-refractivity contribution < 1.29 is 29.0 Å². The van der Waals surface area contributed by atoms with Gasteiger partial charge in [-0.25, -0.2) is 0 Å². The first-order valence-corrected chi connectivity index (χ1v) is 8.03. The molecule has 0 atom stereocenters. The van der Waals surface area contributed by atoms with Gasteiger partial charge in [0.25, 0.3) is 5.91 Å². The Bertz CT molecular complexity index is 810. The van der Waals surface area contributed by atoms with Gasteiger partial charge in [0.2, 0.25) is 5.91 Å². The zero-order valence-electron chi connectivity index (χ0n) is 14.9. The summed E-state index contributed by atoms with van der Waals surface area (Å²) in [6.45, 7) is -0.457. The van der Waals surface area contributed by atoms with Gasteiger partial charge in [0.05, 0.1) is 20.6 Å². The molecule has 0 saturated carbocycles. The van der Waals surface area contributed by atoms with Crippen LogP contribution in [0.2, 0.25) is 0 Å². The summed E-state index contributed by atoms with van der Waals surface area (Å²) >= 11 is 0. The first-order chi connectivity index (χ1) is 12.9. The van der Waals surface area contributed by atoms with Gasteiger partial charge in [-0.05, 0) is 42.0 Å². The van der Waals surface area contributed by atoms with E-state index in [1.165, 1.54) is 26.4 Å². The molecule has 0 aliphatic heterocycles. The molecule has 0 fully saturated rings. The van der Waals surface area contributed by atoms with Crippen LogP contribution in [0.15, 0.2) is 42.5 Å². The average molecular weight is 372 g/mol. The molecule has 0 aromatic heterocycles. The second-order valence-electron chi connectivity index (χ2n) is 5.60. The van der Waals surface area contributed by atoms with Gasteiger partial charge >= 0.3 is 5.97 Å². The number of nitrogens with one attached hydrogen (secondary N) is 2. The van der Waals surface area contributed by atoms with E-state index < -0.39 is 18.4 Å². The lowest BCUT2D eigenvalue weighted by molar-refractivity contribution is -0.135. The Morgan fingerprint density at radius 1 is 0.963 bits per heavy atom. The third kappa shape index (κ3) is 6.03. The molecule has 8 heteroatoms. The third-order valence-corrected chi connectivity index (χ3v) is 3.61. The molecule has 27 heavy (non-hydrogen) atoms. The number of ether oxygens (including phenoxy) is 2. The molecule has 0 aliphatic rings. The Morgan fingerprint density at radius 3 is 2.07 bits per heavy atom. The van der Waals surface area contributed by atoms with Crippen LogP contribution >= 0.6 is 0 Å². The molecule has 0 bridgehead atoms. The first kappa shape index (κ1) is 19.8. The number of carboxylic acids is 1. The van der Waals surface area contributed by atoms with Crippen molar-refractivity contribution in [2.75, 3.05) is 26.1 Å². The Labute approximate surface area is 156 Å². The molecule has 0 aliphatic carbocycles. The molecule has 2 aromatic rings. The van der Waals surface area contributed by atoms with Gasteiger partial charge in [-0.1, -0.05) is 0 Å². The van der Waals surface area contributed by atoms with Crippen molar-refractivity contribution in [3.8, 4) is 11.5 Å². The number of hydrogen-bond donors (Lipinski definition) is 3. The minimum atomic E-state index is -1.12. The molecule has 0 spiro atoms. The van der Waals surface area contributed by atoms with Crippen LogP contribution in [0.4, 0.5) is 5.69 Å². The SMILES string of the molecule is COc1cc(CC(=O)Nc2ccc(C(=O)NCC(=O)O)cc2)cc(OC)c1. The van der Waals surface area contributed by atoms with E-state index in [-0.39, 0.29) is 12.3 Å². The highest BCUT2D eigenvalue weighted by Gasteiger charge is 2.10. The summed E-state index contributed by atoms with van der Waals surface area (Å²) in [6, 6.07) is 11.4. The molecule has 0 unspecified atom stereocenters. The maximum atomic E-state index is 12.2. The average Bonchev–Trinajstić information content (AvgIpc) is 2.66. The number of aliphatic carboxylic acids is 1. The topological polar surface area (TPSA) is 114 Å². The second-order valence-corrected chi connectivity index (χ2v) is 5.60. The summed E-state index contributed by atoms with van der Waals surface area (Å²) in [4.78, 5) is 34.5. The van der Waals surface area contributed by atoms with Gasteiger partial charge in [-0.15, -0.1) is 0 Å². The quantitative estimate of drug-likeness (QED) is 0.650. The number of carbonyl (C=O) groups excluding carboxylic acids is 2. The van der Waals surface area contributed by atoms with Crippen LogP contribution in [-0.2, 0) is 16.0 Å². The highest BCUT2D eigenvalue weighted by molar-refractivity contribution is 5.97. The van der Waals surface area contributed by atoms with Crippen LogP contribution in [-0.4, -0.2) is 43.7 Å². The molecule has 142 valence electrons. The largest absolute Gasteiger partial charge is 0.497 e. The Balaban J connectivity index is 1.98.